The first-order valence-corrected chi connectivity index (χ1v) is 9.97. The molecule has 0 aliphatic heterocycles. The van der Waals surface area contributed by atoms with Crippen LogP contribution in [0.25, 0.3) is 0 Å². The maximum absolute atomic E-state index is 12.8. The summed E-state index contributed by atoms with van der Waals surface area (Å²) in [5.41, 5.74) is 5.56. The Hall–Kier alpha value is -2.66. The zero-order chi connectivity index (χ0) is 19.2. The van der Waals surface area contributed by atoms with Gasteiger partial charge in [-0.05, 0) is 55.7 Å². The van der Waals surface area contributed by atoms with Gasteiger partial charge in [0.1, 0.15) is 0 Å². The largest absolute Gasteiger partial charge is 0.322 e. The van der Waals surface area contributed by atoms with E-state index in [9.17, 15) is 4.79 Å². The lowest BCUT2D eigenvalue weighted by atomic mass is 10.1. The van der Waals surface area contributed by atoms with E-state index in [4.69, 9.17) is 0 Å². The summed E-state index contributed by atoms with van der Waals surface area (Å²) >= 11 is 1.54. The molecule has 0 fully saturated rings. The second-order valence-corrected chi connectivity index (χ2v) is 7.33. The molecule has 1 N–H and O–H groups in total. The van der Waals surface area contributed by atoms with Crippen molar-refractivity contribution in [2.24, 2.45) is 0 Å². The smallest absolute Gasteiger partial charge is 0.255 e. The van der Waals surface area contributed by atoms with E-state index in [1.165, 1.54) is 5.56 Å². The van der Waals surface area contributed by atoms with Crippen LogP contribution < -0.4 is 5.32 Å². The Balaban J connectivity index is 1.75. The van der Waals surface area contributed by atoms with Gasteiger partial charge in [0, 0.05) is 28.4 Å². The number of aryl methyl sites for hydroxylation is 3. The summed E-state index contributed by atoms with van der Waals surface area (Å²) in [5.74, 6) is 0.544. The van der Waals surface area contributed by atoms with Crippen LogP contribution in [0.4, 0.5) is 5.69 Å². The molecule has 3 aromatic rings. The summed E-state index contributed by atoms with van der Waals surface area (Å²) in [7, 11) is 0. The number of carbonyl (C=O) groups excluding carboxylic acids is 1. The van der Waals surface area contributed by atoms with Gasteiger partial charge in [0.05, 0.1) is 0 Å². The SMILES string of the molecule is CCc1cccc(NC(=O)c2ccccc2CSc2nc(C)cc(C)n2)c1. The number of amides is 1. The van der Waals surface area contributed by atoms with Gasteiger partial charge in [-0.1, -0.05) is 49.0 Å². The van der Waals surface area contributed by atoms with Crippen molar-refractivity contribution in [2.75, 3.05) is 5.32 Å². The zero-order valence-corrected chi connectivity index (χ0v) is 16.6. The fourth-order valence-electron chi connectivity index (χ4n) is 2.84. The fourth-order valence-corrected chi connectivity index (χ4v) is 3.79. The van der Waals surface area contributed by atoms with Crippen molar-refractivity contribution in [3.05, 3.63) is 82.7 Å². The van der Waals surface area contributed by atoms with Crippen molar-refractivity contribution in [3.8, 4) is 0 Å². The number of nitrogens with one attached hydrogen (secondary N) is 1. The molecular weight excluding hydrogens is 354 g/mol. The monoisotopic (exact) mass is 377 g/mol. The average Bonchev–Trinajstić information content (AvgIpc) is 2.66. The van der Waals surface area contributed by atoms with Crippen LogP contribution in [0.5, 0.6) is 0 Å². The van der Waals surface area contributed by atoms with Crippen LogP contribution in [0.2, 0.25) is 0 Å². The van der Waals surface area contributed by atoms with Gasteiger partial charge in [-0.15, -0.1) is 0 Å². The molecule has 1 heterocycles. The van der Waals surface area contributed by atoms with Gasteiger partial charge in [-0.25, -0.2) is 9.97 Å². The van der Waals surface area contributed by atoms with Crippen molar-refractivity contribution in [1.82, 2.24) is 9.97 Å². The second kappa shape index (κ2) is 8.82. The molecule has 0 spiro atoms. The summed E-state index contributed by atoms with van der Waals surface area (Å²) < 4.78 is 0. The van der Waals surface area contributed by atoms with Crippen LogP contribution >= 0.6 is 11.8 Å². The summed E-state index contributed by atoms with van der Waals surface area (Å²) in [6.07, 6.45) is 0.937. The Morgan fingerprint density at radius 2 is 1.74 bits per heavy atom. The van der Waals surface area contributed by atoms with Crippen molar-refractivity contribution < 1.29 is 4.79 Å². The molecule has 0 radical (unpaired) electrons. The van der Waals surface area contributed by atoms with Gasteiger partial charge in [0.2, 0.25) is 0 Å². The molecule has 27 heavy (non-hydrogen) atoms. The first-order valence-electron chi connectivity index (χ1n) is 8.98. The van der Waals surface area contributed by atoms with E-state index in [1.807, 2.05) is 62.4 Å². The summed E-state index contributed by atoms with van der Waals surface area (Å²) in [4.78, 5) is 21.7. The number of rotatable bonds is 6. The van der Waals surface area contributed by atoms with E-state index in [0.29, 0.717) is 11.3 Å². The van der Waals surface area contributed by atoms with E-state index in [2.05, 4.69) is 28.3 Å². The van der Waals surface area contributed by atoms with Gasteiger partial charge in [0.15, 0.2) is 5.16 Å². The first kappa shape index (κ1) is 19.1. The van der Waals surface area contributed by atoms with Gasteiger partial charge in [-0.2, -0.15) is 0 Å². The standard InChI is InChI=1S/C22H23N3OS/c1-4-17-8-7-10-19(13-17)25-21(26)20-11-6-5-9-18(20)14-27-22-23-15(2)12-16(3)24-22/h5-13H,4,14H2,1-3H3,(H,25,26). The van der Waals surface area contributed by atoms with Crippen LogP contribution in [-0.2, 0) is 12.2 Å². The number of carbonyl (C=O) groups is 1. The van der Waals surface area contributed by atoms with Crippen LogP contribution in [0.15, 0.2) is 59.8 Å². The molecule has 0 saturated carbocycles. The van der Waals surface area contributed by atoms with Crippen LogP contribution in [-0.4, -0.2) is 15.9 Å². The molecule has 138 valence electrons. The number of anilines is 1. The Morgan fingerprint density at radius 3 is 2.48 bits per heavy atom. The minimum Gasteiger partial charge on any atom is -0.322 e. The minimum atomic E-state index is -0.0965. The van der Waals surface area contributed by atoms with E-state index >= 15 is 0 Å². The van der Waals surface area contributed by atoms with Crippen LogP contribution in [0.1, 0.15) is 39.8 Å². The number of hydrogen-bond acceptors (Lipinski definition) is 4. The lowest BCUT2D eigenvalue weighted by molar-refractivity contribution is 0.102. The second-order valence-electron chi connectivity index (χ2n) is 6.39. The summed E-state index contributed by atoms with van der Waals surface area (Å²) in [6, 6.07) is 17.6. The van der Waals surface area contributed by atoms with E-state index in [1.54, 1.807) is 11.8 Å². The molecule has 0 saturated heterocycles. The highest BCUT2D eigenvalue weighted by atomic mass is 32.2. The highest BCUT2D eigenvalue weighted by Gasteiger charge is 2.12. The zero-order valence-electron chi connectivity index (χ0n) is 15.8. The predicted octanol–water partition coefficient (Wildman–Crippen LogP) is 5.20. The predicted molar refractivity (Wildman–Crippen MR) is 111 cm³/mol. The molecule has 0 aliphatic rings. The molecule has 0 aliphatic carbocycles. The number of hydrogen-bond donors (Lipinski definition) is 1. The van der Waals surface area contributed by atoms with Crippen LogP contribution in [0, 0.1) is 13.8 Å². The average molecular weight is 378 g/mol. The van der Waals surface area contributed by atoms with Crippen LogP contribution in [0.3, 0.4) is 0 Å². The van der Waals surface area contributed by atoms with E-state index in [-0.39, 0.29) is 5.91 Å². The summed E-state index contributed by atoms with van der Waals surface area (Å²) in [5, 5.41) is 3.74. The third-order valence-corrected chi connectivity index (χ3v) is 5.07. The third-order valence-electron chi connectivity index (χ3n) is 4.17. The van der Waals surface area contributed by atoms with E-state index in [0.717, 1.165) is 34.2 Å². The Labute approximate surface area is 164 Å². The van der Waals surface area contributed by atoms with Gasteiger partial charge < -0.3 is 5.32 Å². The maximum Gasteiger partial charge on any atom is 0.255 e. The number of aromatic nitrogens is 2. The quantitative estimate of drug-likeness (QED) is 0.474. The third kappa shape index (κ3) is 5.17. The topological polar surface area (TPSA) is 54.9 Å². The van der Waals surface area contributed by atoms with Gasteiger partial charge >= 0.3 is 0 Å². The van der Waals surface area contributed by atoms with Crippen molar-refractivity contribution in [3.63, 3.8) is 0 Å². The first-order chi connectivity index (χ1) is 13.0. The highest BCUT2D eigenvalue weighted by Crippen LogP contribution is 2.23. The molecule has 4 nitrogen and oxygen atoms in total. The molecule has 5 heteroatoms. The van der Waals surface area contributed by atoms with E-state index < -0.39 is 0 Å². The van der Waals surface area contributed by atoms with Gasteiger partial charge in [-0.3, -0.25) is 4.79 Å². The molecule has 1 amide bonds. The van der Waals surface area contributed by atoms with Crippen molar-refractivity contribution in [1.29, 1.82) is 0 Å². The normalized spacial score (nSPS) is 10.6. The molecule has 1 aromatic heterocycles. The van der Waals surface area contributed by atoms with Crippen molar-refractivity contribution >= 4 is 23.4 Å². The lowest BCUT2D eigenvalue weighted by Gasteiger charge is -2.11. The van der Waals surface area contributed by atoms with Crippen molar-refractivity contribution in [2.45, 2.75) is 38.1 Å². The minimum absolute atomic E-state index is 0.0965. The Bertz CT molecular complexity index is 936. The highest BCUT2D eigenvalue weighted by molar-refractivity contribution is 7.98. The molecule has 0 atom stereocenters. The molecular formula is C22H23N3OS. The lowest BCUT2D eigenvalue weighted by Crippen LogP contribution is -2.14. The van der Waals surface area contributed by atoms with Gasteiger partial charge in [0.25, 0.3) is 5.91 Å². The molecule has 0 unspecified atom stereocenters. The Morgan fingerprint density at radius 1 is 1.00 bits per heavy atom. The number of nitrogens with zero attached hydrogens (tertiary/aromatic N) is 2. The summed E-state index contributed by atoms with van der Waals surface area (Å²) in [6.45, 7) is 6.03. The molecule has 0 bridgehead atoms. The maximum atomic E-state index is 12.8. The number of thioether (sulfide) groups is 1. The molecule has 2 aromatic carbocycles. The fraction of sp³-hybridized carbons (Fsp3) is 0.227. The molecule has 3 rings (SSSR count). The number of benzene rings is 2. The Kier molecular flexibility index (Phi) is 6.24.